The van der Waals surface area contributed by atoms with Crippen molar-refractivity contribution in [3.05, 3.63) is 0 Å². The Balaban J connectivity index is 4.37. The lowest BCUT2D eigenvalue weighted by atomic mass is 9.96. The molecule has 6 heteroatoms. The van der Waals surface area contributed by atoms with E-state index < -0.39 is 23.8 Å². The second-order valence-corrected chi connectivity index (χ2v) is 3.74. The van der Waals surface area contributed by atoms with Crippen LogP contribution >= 0.6 is 0 Å². The number of methoxy groups -OCH3 is 2. The van der Waals surface area contributed by atoms with Crippen molar-refractivity contribution in [2.75, 3.05) is 20.8 Å². The molecule has 6 nitrogen and oxygen atoms in total. The summed E-state index contributed by atoms with van der Waals surface area (Å²) in [5.74, 6) is -2.81. The van der Waals surface area contributed by atoms with Gasteiger partial charge in [0.25, 0.3) is 0 Å². The number of esters is 3. The van der Waals surface area contributed by atoms with Gasteiger partial charge >= 0.3 is 17.9 Å². The molecule has 0 N–H and O–H groups in total. The number of hydrogen-bond acceptors (Lipinski definition) is 6. The molecule has 17 heavy (non-hydrogen) atoms. The van der Waals surface area contributed by atoms with Crippen LogP contribution in [0.4, 0.5) is 0 Å². The molecule has 1 unspecified atom stereocenters. The Kier molecular flexibility index (Phi) is 6.93. The molecule has 0 bridgehead atoms. The highest BCUT2D eigenvalue weighted by Gasteiger charge is 2.30. The van der Waals surface area contributed by atoms with Crippen LogP contribution in [0.5, 0.6) is 0 Å². The van der Waals surface area contributed by atoms with Crippen molar-refractivity contribution in [1.82, 2.24) is 0 Å². The molecular weight excluding hydrogens is 228 g/mol. The van der Waals surface area contributed by atoms with Gasteiger partial charge in [-0.25, -0.2) is 0 Å². The molecule has 0 aliphatic heterocycles. The molecule has 0 aromatic rings. The van der Waals surface area contributed by atoms with E-state index in [0.717, 1.165) is 0 Å². The maximum absolute atomic E-state index is 11.4. The smallest absolute Gasteiger partial charge is 0.320 e. The summed E-state index contributed by atoms with van der Waals surface area (Å²) in [6.45, 7) is 3.21. The number of hydrogen-bond donors (Lipinski definition) is 0. The minimum atomic E-state index is -0.976. The van der Waals surface area contributed by atoms with Gasteiger partial charge in [0.2, 0.25) is 0 Å². The predicted molar refractivity (Wildman–Crippen MR) is 57.9 cm³/mol. The van der Waals surface area contributed by atoms with E-state index in [-0.39, 0.29) is 18.9 Å². The van der Waals surface area contributed by atoms with Crippen LogP contribution in [0.3, 0.4) is 0 Å². The van der Waals surface area contributed by atoms with Crippen LogP contribution in [0.15, 0.2) is 0 Å². The summed E-state index contributed by atoms with van der Waals surface area (Å²) in [7, 11) is 2.41. The molecule has 0 aliphatic rings. The second-order valence-electron chi connectivity index (χ2n) is 3.74. The zero-order valence-electron chi connectivity index (χ0n) is 10.5. The molecule has 0 radical (unpaired) electrons. The van der Waals surface area contributed by atoms with Crippen molar-refractivity contribution in [3.8, 4) is 0 Å². The molecule has 1 atom stereocenters. The van der Waals surface area contributed by atoms with Gasteiger partial charge in [0, 0.05) is 6.92 Å². The summed E-state index contributed by atoms with van der Waals surface area (Å²) >= 11 is 0. The summed E-state index contributed by atoms with van der Waals surface area (Å²) in [4.78, 5) is 33.3. The fourth-order valence-electron chi connectivity index (χ4n) is 1.30. The van der Waals surface area contributed by atoms with Crippen molar-refractivity contribution in [1.29, 1.82) is 0 Å². The first-order valence-corrected chi connectivity index (χ1v) is 5.21. The van der Waals surface area contributed by atoms with Crippen molar-refractivity contribution in [3.63, 3.8) is 0 Å². The average Bonchev–Trinajstić information content (AvgIpc) is 2.31. The Bertz CT molecular complexity index is 270. The standard InChI is InChI=1S/C11H18O6/c1-7(6-17-8(2)12)5-9(10(13)15-3)11(14)16-4/h7,9H,5-6H2,1-4H3. The van der Waals surface area contributed by atoms with Gasteiger partial charge in [-0.15, -0.1) is 0 Å². The molecule has 0 aliphatic carbocycles. The molecule has 0 heterocycles. The van der Waals surface area contributed by atoms with Crippen LogP contribution in [0.2, 0.25) is 0 Å². The van der Waals surface area contributed by atoms with Gasteiger partial charge < -0.3 is 14.2 Å². The van der Waals surface area contributed by atoms with Crippen LogP contribution in [0.1, 0.15) is 20.3 Å². The third-order valence-corrected chi connectivity index (χ3v) is 2.18. The molecule has 0 saturated heterocycles. The molecule has 0 saturated carbocycles. The van der Waals surface area contributed by atoms with E-state index >= 15 is 0 Å². The minimum absolute atomic E-state index is 0.137. The monoisotopic (exact) mass is 246 g/mol. The fourth-order valence-corrected chi connectivity index (χ4v) is 1.30. The third-order valence-electron chi connectivity index (χ3n) is 2.18. The average molecular weight is 246 g/mol. The van der Waals surface area contributed by atoms with Gasteiger partial charge in [0.15, 0.2) is 5.92 Å². The Morgan fingerprint density at radius 1 is 1.06 bits per heavy atom. The van der Waals surface area contributed by atoms with E-state index in [1.54, 1.807) is 6.92 Å². The maximum atomic E-state index is 11.4. The Hall–Kier alpha value is -1.59. The molecule has 0 fully saturated rings. The Labute approximate surface area is 100 Å². The van der Waals surface area contributed by atoms with Crippen LogP contribution < -0.4 is 0 Å². The van der Waals surface area contributed by atoms with Crippen LogP contribution in [-0.4, -0.2) is 38.7 Å². The molecular formula is C11H18O6. The predicted octanol–water partition coefficient (Wildman–Crippen LogP) is 0.538. The summed E-state index contributed by atoms with van der Waals surface area (Å²) in [6.07, 6.45) is 0.215. The molecule has 0 aromatic heterocycles. The van der Waals surface area contributed by atoms with E-state index in [9.17, 15) is 14.4 Å². The maximum Gasteiger partial charge on any atom is 0.320 e. The lowest BCUT2D eigenvalue weighted by Gasteiger charge is -2.16. The number of rotatable bonds is 6. The lowest BCUT2D eigenvalue weighted by molar-refractivity contribution is -0.159. The van der Waals surface area contributed by atoms with Crippen molar-refractivity contribution >= 4 is 17.9 Å². The summed E-state index contributed by atoms with van der Waals surface area (Å²) in [5, 5.41) is 0. The second kappa shape index (κ2) is 7.65. The fraction of sp³-hybridized carbons (Fsp3) is 0.727. The van der Waals surface area contributed by atoms with Crippen molar-refractivity contribution in [2.45, 2.75) is 20.3 Å². The molecule has 0 amide bonds. The van der Waals surface area contributed by atoms with E-state index in [1.165, 1.54) is 21.1 Å². The number of carbonyl (C=O) groups is 3. The third kappa shape index (κ3) is 5.89. The lowest BCUT2D eigenvalue weighted by Crippen LogP contribution is -2.29. The number of ether oxygens (including phenoxy) is 3. The van der Waals surface area contributed by atoms with Crippen molar-refractivity contribution < 1.29 is 28.6 Å². The Morgan fingerprint density at radius 3 is 1.88 bits per heavy atom. The first-order valence-electron chi connectivity index (χ1n) is 5.21. The topological polar surface area (TPSA) is 78.9 Å². The van der Waals surface area contributed by atoms with E-state index in [0.29, 0.717) is 0 Å². The van der Waals surface area contributed by atoms with Crippen molar-refractivity contribution in [2.24, 2.45) is 11.8 Å². The van der Waals surface area contributed by atoms with Crippen LogP contribution in [0.25, 0.3) is 0 Å². The quantitative estimate of drug-likeness (QED) is 0.386. The molecule has 98 valence electrons. The highest BCUT2D eigenvalue weighted by atomic mass is 16.5. The highest BCUT2D eigenvalue weighted by molar-refractivity contribution is 5.94. The zero-order chi connectivity index (χ0) is 13.4. The molecule has 0 aromatic carbocycles. The first kappa shape index (κ1) is 15.4. The zero-order valence-corrected chi connectivity index (χ0v) is 10.5. The van der Waals surface area contributed by atoms with Gasteiger partial charge in [-0.1, -0.05) is 6.92 Å². The molecule has 0 rings (SSSR count). The summed E-state index contributed by atoms with van der Waals surface area (Å²) < 4.78 is 13.8. The van der Waals surface area contributed by atoms with Gasteiger partial charge in [-0.2, -0.15) is 0 Å². The van der Waals surface area contributed by atoms with Crippen LogP contribution in [0, 0.1) is 11.8 Å². The minimum Gasteiger partial charge on any atom is -0.468 e. The highest BCUT2D eigenvalue weighted by Crippen LogP contribution is 2.16. The van der Waals surface area contributed by atoms with Gasteiger partial charge in [-0.3, -0.25) is 14.4 Å². The number of carbonyl (C=O) groups excluding carboxylic acids is 3. The Morgan fingerprint density at radius 2 is 1.53 bits per heavy atom. The van der Waals surface area contributed by atoms with Crippen LogP contribution in [-0.2, 0) is 28.6 Å². The normalized spacial score (nSPS) is 11.8. The van der Waals surface area contributed by atoms with Gasteiger partial charge in [0.1, 0.15) is 0 Å². The summed E-state index contributed by atoms with van der Waals surface area (Å²) in [6, 6.07) is 0. The van der Waals surface area contributed by atoms with Gasteiger partial charge in [0.05, 0.1) is 20.8 Å². The SMILES string of the molecule is COC(=O)C(CC(C)COC(C)=O)C(=O)OC. The van der Waals surface area contributed by atoms with E-state index in [4.69, 9.17) is 4.74 Å². The largest absolute Gasteiger partial charge is 0.468 e. The first-order chi connectivity index (χ1) is 7.92. The van der Waals surface area contributed by atoms with E-state index in [1.807, 2.05) is 0 Å². The summed E-state index contributed by atoms with van der Waals surface area (Å²) in [5.41, 5.74) is 0. The molecule has 0 spiro atoms. The van der Waals surface area contributed by atoms with E-state index in [2.05, 4.69) is 9.47 Å². The van der Waals surface area contributed by atoms with Gasteiger partial charge in [-0.05, 0) is 12.3 Å².